The van der Waals surface area contributed by atoms with Crippen LogP contribution in [0, 0.1) is 12.7 Å². The molecule has 2 aromatic rings. The number of halogens is 1. The first-order valence-electron chi connectivity index (χ1n) is 6.95. The average Bonchev–Trinajstić information content (AvgIpc) is 2.51. The summed E-state index contributed by atoms with van der Waals surface area (Å²) in [6.45, 7) is 2.25. The Hall–Kier alpha value is -2.69. The van der Waals surface area contributed by atoms with Crippen molar-refractivity contribution in [2.45, 2.75) is 13.3 Å². The van der Waals surface area contributed by atoms with Gasteiger partial charge in [-0.1, -0.05) is 29.8 Å². The Labute approximate surface area is 128 Å². The van der Waals surface area contributed by atoms with Crippen LogP contribution in [-0.4, -0.2) is 18.4 Å². The summed E-state index contributed by atoms with van der Waals surface area (Å²) >= 11 is 0. The van der Waals surface area contributed by atoms with Crippen LogP contribution in [0.4, 0.5) is 10.1 Å². The van der Waals surface area contributed by atoms with Crippen LogP contribution in [0.5, 0.6) is 0 Å². The minimum Gasteiger partial charge on any atom is -0.347 e. The van der Waals surface area contributed by atoms with E-state index in [1.807, 2.05) is 19.1 Å². The molecule has 0 heterocycles. The third-order valence-electron chi connectivity index (χ3n) is 3.13. The first-order chi connectivity index (χ1) is 10.5. The maximum Gasteiger partial charge on any atom is 0.313 e. The number of rotatable bonds is 4. The van der Waals surface area contributed by atoms with Crippen molar-refractivity contribution in [2.75, 3.05) is 11.9 Å². The quantitative estimate of drug-likeness (QED) is 0.852. The highest BCUT2D eigenvalue weighted by molar-refractivity contribution is 6.39. The first-order valence-corrected chi connectivity index (χ1v) is 6.95. The van der Waals surface area contributed by atoms with E-state index in [1.54, 1.807) is 24.3 Å². The normalized spacial score (nSPS) is 10.1. The second-order valence-corrected chi connectivity index (χ2v) is 4.95. The van der Waals surface area contributed by atoms with Crippen LogP contribution in [-0.2, 0) is 16.0 Å². The first kappa shape index (κ1) is 15.7. The topological polar surface area (TPSA) is 58.2 Å². The van der Waals surface area contributed by atoms with E-state index in [1.165, 1.54) is 12.1 Å². The zero-order chi connectivity index (χ0) is 15.9. The van der Waals surface area contributed by atoms with E-state index in [2.05, 4.69) is 10.6 Å². The van der Waals surface area contributed by atoms with Crippen molar-refractivity contribution in [3.63, 3.8) is 0 Å². The third-order valence-corrected chi connectivity index (χ3v) is 3.13. The van der Waals surface area contributed by atoms with Gasteiger partial charge in [-0.3, -0.25) is 9.59 Å². The molecule has 5 heteroatoms. The van der Waals surface area contributed by atoms with E-state index in [-0.39, 0.29) is 5.82 Å². The molecule has 2 N–H and O–H groups in total. The SMILES string of the molecule is Cc1ccc(NC(=O)C(=O)NCCc2ccc(F)cc2)cc1. The summed E-state index contributed by atoms with van der Waals surface area (Å²) in [6, 6.07) is 13.2. The molecule has 0 atom stereocenters. The van der Waals surface area contributed by atoms with E-state index >= 15 is 0 Å². The molecule has 0 aliphatic heterocycles. The molecule has 4 nitrogen and oxygen atoms in total. The molecular formula is C17H17FN2O2. The van der Waals surface area contributed by atoms with Crippen LogP contribution >= 0.6 is 0 Å². The van der Waals surface area contributed by atoms with Gasteiger partial charge in [0, 0.05) is 12.2 Å². The van der Waals surface area contributed by atoms with Gasteiger partial charge in [-0.05, 0) is 43.2 Å². The number of benzene rings is 2. The van der Waals surface area contributed by atoms with Crippen molar-refractivity contribution < 1.29 is 14.0 Å². The maximum atomic E-state index is 12.8. The molecule has 2 amide bonds. The predicted octanol–water partition coefficient (Wildman–Crippen LogP) is 2.43. The number of anilines is 1. The smallest absolute Gasteiger partial charge is 0.313 e. The zero-order valence-corrected chi connectivity index (χ0v) is 12.2. The van der Waals surface area contributed by atoms with E-state index < -0.39 is 11.8 Å². The minimum atomic E-state index is -0.706. The molecular weight excluding hydrogens is 283 g/mol. The second-order valence-electron chi connectivity index (χ2n) is 4.95. The summed E-state index contributed by atoms with van der Waals surface area (Å²) in [7, 11) is 0. The lowest BCUT2D eigenvalue weighted by Crippen LogP contribution is -2.36. The summed E-state index contributed by atoms with van der Waals surface area (Å²) in [6.07, 6.45) is 0.532. The minimum absolute atomic E-state index is 0.301. The lowest BCUT2D eigenvalue weighted by Gasteiger charge is -2.07. The fourth-order valence-corrected chi connectivity index (χ4v) is 1.88. The summed E-state index contributed by atoms with van der Waals surface area (Å²) in [5.41, 5.74) is 2.53. The molecule has 2 aromatic carbocycles. The Morgan fingerprint density at radius 3 is 2.23 bits per heavy atom. The highest BCUT2D eigenvalue weighted by Gasteiger charge is 2.12. The Balaban J connectivity index is 1.77. The van der Waals surface area contributed by atoms with Gasteiger partial charge >= 0.3 is 11.8 Å². The van der Waals surface area contributed by atoms with Gasteiger partial charge < -0.3 is 10.6 Å². The Morgan fingerprint density at radius 2 is 1.59 bits per heavy atom. The van der Waals surface area contributed by atoms with Crippen LogP contribution in [0.1, 0.15) is 11.1 Å². The predicted molar refractivity (Wildman–Crippen MR) is 82.9 cm³/mol. The van der Waals surface area contributed by atoms with E-state index in [0.29, 0.717) is 18.7 Å². The fraction of sp³-hybridized carbons (Fsp3) is 0.176. The van der Waals surface area contributed by atoms with Crippen molar-refractivity contribution >= 4 is 17.5 Å². The highest BCUT2D eigenvalue weighted by atomic mass is 19.1. The Kier molecular flexibility index (Phi) is 5.25. The number of amides is 2. The lowest BCUT2D eigenvalue weighted by atomic mass is 10.1. The van der Waals surface area contributed by atoms with Gasteiger partial charge in [-0.2, -0.15) is 0 Å². The van der Waals surface area contributed by atoms with Gasteiger partial charge in [0.1, 0.15) is 5.82 Å². The van der Waals surface area contributed by atoms with E-state index in [9.17, 15) is 14.0 Å². The van der Waals surface area contributed by atoms with Crippen molar-refractivity contribution in [3.05, 3.63) is 65.5 Å². The molecule has 0 fully saturated rings. The highest BCUT2D eigenvalue weighted by Crippen LogP contribution is 2.08. The molecule has 0 saturated heterocycles. The maximum absolute atomic E-state index is 12.8. The molecule has 0 unspecified atom stereocenters. The van der Waals surface area contributed by atoms with E-state index in [0.717, 1.165) is 11.1 Å². The largest absolute Gasteiger partial charge is 0.347 e. The monoisotopic (exact) mass is 300 g/mol. The molecule has 114 valence electrons. The lowest BCUT2D eigenvalue weighted by molar-refractivity contribution is -0.136. The average molecular weight is 300 g/mol. The number of carbonyl (C=O) groups excluding carboxylic acids is 2. The number of hydrogen-bond donors (Lipinski definition) is 2. The molecule has 0 spiro atoms. The molecule has 2 rings (SSSR count). The summed E-state index contributed by atoms with van der Waals surface area (Å²) in [4.78, 5) is 23.4. The molecule has 0 aliphatic carbocycles. The number of hydrogen-bond acceptors (Lipinski definition) is 2. The summed E-state index contributed by atoms with van der Waals surface area (Å²) < 4.78 is 12.8. The van der Waals surface area contributed by atoms with E-state index in [4.69, 9.17) is 0 Å². The van der Waals surface area contributed by atoms with Crippen LogP contribution in [0.3, 0.4) is 0 Å². The van der Waals surface area contributed by atoms with Crippen molar-refractivity contribution in [2.24, 2.45) is 0 Å². The Morgan fingerprint density at radius 1 is 0.955 bits per heavy atom. The van der Waals surface area contributed by atoms with Crippen LogP contribution in [0.2, 0.25) is 0 Å². The standard InChI is InChI=1S/C17H17FN2O2/c1-12-2-8-15(9-3-12)20-17(22)16(21)19-11-10-13-4-6-14(18)7-5-13/h2-9H,10-11H2,1H3,(H,19,21)(H,20,22). The van der Waals surface area contributed by atoms with Crippen molar-refractivity contribution in [1.82, 2.24) is 5.32 Å². The zero-order valence-electron chi connectivity index (χ0n) is 12.2. The van der Waals surface area contributed by atoms with Crippen LogP contribution in [0.15, 0.2) is 48.5 Å². The summed E-state index contributed by atoms with van der Waals surface area (Å²) in [5.74, 6) is -1.70. The molecule has 0 aliphatic rings. The molecule has 22 heavy (non-hydrogen) atoms. The van der Waals surface area contributed by atoms with Crippen LogP contribution < -0.4 is 10.6 Å². The van der Waals surface area contributed by atoms with Gasteiger partial charge in [-0.25, -0.2) is 4.39 Å². The van der Waals surface area contributed by atoms with Crippen molar-refractivity contribution in [3.8, 4) is 0 Å². The second kappa shape index (κ2) is 7.36. The summed E-state index contributed by atoms with van der Waals surface area (Å²) in [5, 5.41) is 5.06. The molecule has 0 radical (unpaired) electrons. The van der Waals surface area contributed by atoms with Gasteiger partial charge in [-0.15, -0.1) is 0 Å². The van der Waals surface area contributed by atoms with Gasteiger partial charge in [0.2, 0.25) is 0 Å². The number of aryl methyl sites for hydroxylation is 1. The molecule has 0 aromatic heterocycles. The number of carbonyl (C=O) groups is 2. The molecule has 0 bridgehead atoms. The van der Waals surface area contributed by atoms with Crippen LogP contribution in [0.25, 0.3) is 0 Å². The fourth-order valence-electron chi connectivity index (χ4n) is 1.88. The van der Waals surface area contributed by atoms with Gasteiger partial charge in [0.05, 0.1) is 0 Å². The third kappa shape index (κ3) is 4.70. The van der Waals surface area contributed by atoms with Gasteiger partial charge in [0.15, 0.2) is 0 Å². The number of nitrogens with one attached hydrogen (secondary N) is 2. The van der Waals surface area contributed by atoms with Crippen molar-refractivity contribution in [1.29, 1.82) is 0 Å². The molecule has 0 saturated carbocycles. The van der Waals surface area contributed by atoms with Gasteiger partial charge in [0.25, 0.3) is 0 Å². The Bertz CT molecular complexity index is 651.